The van der Waals surface area contributed by atoms with Crippen molar-refractivity contribution >= 4 is 17.7 Å². The number of benzene rings is 1. The zero-order valence-corrected chi connectivity index (χ0v) is 15.3. The molecule has 136 valence electrons. The predicted molar refractivity (Wildman–Crippen MR) is 95.8 cm³/mol. The van der Waals surface area contributed by atoms with Gasteiger partial charge in [0.2, 0.25) is 5.91 Å². The number of aliphatic carboxylic acids is 1. The van der Waals surface area contributed by atoms with E-state index in [4.69, 9.17) is 5.11 Å². The molecule has 0 radical (unpaired) electrons. The Labute approximate surface area is 149 Å². The summed E-state index contributed by atoms with van der Waals surface area (Å²) in [7, 11) is 0. The summed E-state index contributed by atoms with van der Waals surface area (Å²) < 4.78 is 0. The molecule has 2 rings (SSSR count). The van der Waals surface area contributed by atoms with Gasteiger partial charge in [0.05, 0.1) is 5.92 Å². The Morgan fingerprint density at radius 2 is 1.60 bits per heavy atom. The maximum atomic E-state index is 12.5. The fraction of sp³-hybridized carbons (Fsp3) is 0.550. The largest absolute Gasteiger partial charge is 0.481 e. The highest BCUT2D eigenvalue weighted by atomic mass is 16.4. The van der Waals surface area contributed by atoms with Crippen LogP contribution in [0.3, 0.4) is 0 Å². The Morgan fingerprint density at radius 3 is 2.12 bits per heavy atom. The lowest BCUT2D eigenvalue weighted by Crippen LogP contribution is -2.40. The topological polar surface area (TPSA) is 74.7 Å². The number of carboxylic acids is 1. The van der Waals surface area contributed by atoms with E-state index in [1.54, 1.807) is 4.90 Å². The van der Waals surface area contributed by atoms with Crippen molar-refractivity contribution in [3.63, 3.8) is 0 Å². The summed E-state index contributed by atoms with van der Waals surface area (Å²) in [6, 6.07) is 4.02. The molecule has 1 saturated heterocycles. The second kappa shape index (κ2) is 8.28. The molecule has 1 amide bonds. The zero-order valence-electron chi connectivity index (χ0n) is 15.3. The third-order valence-corrected chi connectivity index (χ3v) is 4.95. The van der Waals surface area contributed by atoms with Crippen LogP contribution >= 0.6 is 0 Å². The number of hydrogen-bond donors (Lipinski definition) is 1. The van der Waals surface area contributed by atoms with Crippen LogP contribution in [0, 0.1) is 26.7 Å². The molecule has 0 saturated carbocycles. The van der Waals surface area contributed by atoms with Gasteiger partial charge in [0.15, 0.2) is 5.78 Å². The molecule has 0 aromatic heterocycles. The number of carboxylic acid groups (broad SMARTS) is 1. The molecule has 1 aliphatic heterocycles. The fourth-order valence-electron chi connectivity index (χ4n) is 3.68. The summed E-state index contributed by atoms with van der Waals surface area (Å²) in [5.41, 5.74) is 3.90. The van der Waals surface area contributed by atoms with Crippen LogP contribution in [0.1, 0.15) is 59.2 Å². The van der Waals surface area contributed by atoms with E-state index in [0.29, 0.717) is 45.2 Å². The standard InChI is InChI=1S/C20H27NO4/c1-13-11-14(2)19(15(3)12-13)17(22)5-4-6-18(23)21-9-7-16(8-10-21)20(24)25/h11-12,16H,4-10H2,1-3H3,(H,24,25). The van der Waals surface area contributed by atoms with E-state index in [1.807, 2.05) is 32.9 Å². The third kappa shape index (κ3) is 4.91. The molecule has 1 aromatic rings. The van der Waals surface area contributed by atoms with Gasteiger partial charge in [-0.1, -0.05) is 17.7 Å². The molecule has 5 nitrogen and oxygen atoms in total. The van der Waals surface area contributed by atoms with E-state index in [-0.39, 0.29) is 17.6 Å². The van der Waals surface area contributed by atoms with Crippen LogP contribution in [0.4, 0.5) is 0 Å². The van der Waals surface area contributed by atoms with E-state index >= 15 is 0 Å². The Kier molecular flexibility index (Phi) is 6.34. The van der Waals surface area contributed by atoms with Gasteiger partial charge >= 0.3 is 5.97 Å². The lowest BCUT2D eigenvalue weighted by Gasteiger charge is -2.30. The lowest BCUT2D eigenvalue weighted by atomic mass is 9.94. The first-order valence-corrected chi connectivity index (χ1v) is 8.91. The summed E-state index contributed by atoms with van der Waals surface area (Å²) in [5, 5.41) is 8.99. The molecule has 1 aliphatic rings. The van der Waals surface area contributed by atoms with Gasteiger partial charge in [-0.25, -0.2) is 0 Å². The van der Waals surface area contributed by atoms with Crippen molar-refractivity contribution in [3.8, 4) is 0 Å². The first-order chi connectivity index (χ1) is 11.8. The minimum atomic E-state index is -0.776. The average molecular weight is 345 g/mol. The van der Waals surface area contributed by atoms with Gasteiger partial charge in [0.1, 0.15) is 0 Å². The smallest absolute Gasteiger partial charge is 0.306 e. The summed E-state index contributed by atoms with van der Waals surface area (Å²) in [4.78, 5) is 37.4. The van der Waals surface area contributed by atoms with Crippen LogP contribution in [0.15, 0.2) is 12.1 Å². The van der Waals surface area contributed by atoms with E-state index in [1.165, 1.54) is 0 Å². The van der Waals surface area contributed by atoms with Crippen molar-refractivity contribution in [2.24, 2.45) is 5.92 Å². The Balaban J connectivity index is 1.82. The number of nitrogens with zero attached hydrogens (tertiary/aromatic N) is 1. The summed E-state index contributed by atoms with van der Waals surface area (Å²) in [6.07, 6.45) is 2.27. The summed E-state index contributed by atoms with van der Waals surface area (Å²) >= 11 is 0. The molecular weight excluding hydrogens is 318 g/mol. The number of amides is 1. The molecule has 1 N–H and O–H groups in total. The number of carbonyl (C=O) groups excluding carboxylic acids is 2. The number of Topliss-reactive ketones (excluding diaryl/α,β-unsaturated/α-hetero) is 1. The van der Waals surface area contributed by atoms with Gasteiger partial charge in [-0.15, -0.1) is 0 Å². The molecule has 0 bridgehead atoms. The molecule has 0 spiro atoms. The molecule has 5 heteroatoms. The van der Waals surface area contributed by atoms with E-state index < -0.39 is 5.97 Å². The van der Waals surface area contributed by atoms with Crippen molar-refractivity contribution < 1.29 is 19.5 Å². The molecule has 1 fully saturated rings. The number of carbonyl (C=O) groups is 3. The summed E-state index contributed by atoms with van der Waals surface area (Å²) in [5.74, 6) is -0.999. The predicted octanol–water partition coefficient (Wildman–Crippen LogP) is 3.29. The van der Waals surface area contributed by atoms with Crippen LogP contribution in [0.25, 0.3) is 0 Å². The normalized spacial score (nSPS) is 15.2. The second-order valence-corrected chi connectivity index (χ2v) is 7.04. The quantitative estimate of drug-likeness (QED) is 0.803. The van der Waals surface area contributed by atoms with Crippen LogP contribution in [0.5, 0.6) is 0 Å². The zero-order chi connectivity index (χ0) is 18.6. The van der Waals surface area contributed by atoms with Gasteiger partial charge in [-0.3, -0.25) is 14.4 Å². The molecule has 1 aromatic carbocycles. The van der Waals surface area contributed by atoms with Gasteiger partial charge in [0, 0.05) is 31.5 Å². The molecule has 25 heavy (non-hydrogen) atoms. The molecule has 0 unspecified atom stereocenters. The van der Waals surface area contributed by atoms with Gasteiger partial charge in [0.25, 0.3) is 0 Å². The van der Waals surface area contributed by atoms with Crippen molar-refractivity contribution in [1.29, 1.82) is 0 Å². The van der Waals surface area contributed by atoms with Crippen LogP contribution < -0.4 is 0 Å². The minimum absolute atomic E-state index is 0.0222. The number of rotatable bonds is 6. The van der Waals surface area contributed by atoms with E-state index in [0.717, 1.165) is 22.3 Å². The number of hydrogen-bond acceptors (Lipinski definition) is 3. The van der Waals surface area contributed by atoms with Gasteiger partial charge < -0.3 is 10.0 Å². The van der Waals surface area contributed by atoms with Gasteiger partial charge in [-0.2, -0.15) is 0 Å². The van der Waals surface area contributed by atoms with Crippen molar-refractivity contribution in [1.82, 2.24) is 4.90 Å². The Bertz CT molecular complexity index is 649. The highest BCUT2D eigenvalue weighted by Crippen LogP contribution is 2.21. The first kappa shape index (κ1) is 19.2. The number of likely N-dealkylation sites (tertiary alicyclic amines) is 1. The number of aryl methyl sites for hydroxylation is 3. The van der Waals surface area contributed by atoms with Crippen LogP contribution in [0.2, 0.25) is 0 Å². The highest BCUT2D eigenvalue weighted by Gasteiger charge is 2.26. The fourth-order valence-corrected chi connectivity index (χ4v) is 3.68. The molecule has 1 heterocycles. The third-order valence-electron chi connectivity index (χ3n) is 4.95. The van der Waals surface area contributed by atoms with Crippen LogP contribution in [-0.2, 0) is 9.59 Å². The van der Waals surface area contributed by atoms with Gasteiger partial charge in [-0.05, 0) is 51.2 Å². The van der Waals surface area contributed by atoms with Crippen molar-refractivity contribution in [2.75, 3.05) is 13.1 Å². The second-order valence-electron chi connectivity index (χ2n) is 7.04. The maximum Gasteiger partial charge on any atom is 0.306 e. The van der Waals surface area contributed by atoms with Crippen LogP contribution in [-0.4, -0.2) is 40.8 Å². The molecule has 0 aliphatic carbocycles. The molecular formula is C20H27NO4. The number of ketones is 1. The van der Waals surface area contributed by atoms with E-state index in [9.17, 15) is 14.4 Å². The monoisotopic (exact) mass is 345 g/mol. The average Bonchev–Trinajstić information content (AvgIpc) is 2.53. The minimum Gasteiger partial charge on any atom is -0.481 e. The van der Waals surface area contributed by atoms with Crippen molar-refractivity contribution in [3.05, 3.63) is 34.4 Å². The highest BCUT2D eigenvalue weighted by molar-refractivity contribution is 5.99. The SMILES string of the molecule is Cc1cc(C)c(C(=O)CCCC(=O)N2CCC(C(=O)O)CC2)c(C)c1. The van der Waals surface area contributed by atoms with Crippen molar-refractivity contribution in [2.45, 2.75) is 52.9 Å². The Morgan fingerprint density at radius 1 is 1.04 bits per heavy atom. The summed E-state index contributed by atoms with van der Waals surface area (Å²) in [6.45, 7) is 6.91. The molecule has 0 atom stereocenters. The Hall–Kier alpha value is -2.17. The first-order valence-electron chi connectivity index (χ1n) is 8.91. The van der Waals surface area contributed by atoms with E-state index in [2.05, 4.69) is 0 Å². The number of piperidine rings is 1. The lowest BCUT2D eigenvalue weighted by molar-refractivity contribution is -0.145. The maximum absolute atomic E-state index is 12.5.